The van der Waals surface area contributed by atoms with Gasteiger partial charge in [-0.1, -0.05) is 12.1 Å². The first-order chi connectivity index (χ1) is 10.2. The molecule has 0 aromatic heterocycles. The van der Waals surface area contributed by atoms with Crippen LogP contribution in [0.5, 0.6) is 0 Å². The van der Waals surface area contributed by atoms with Gasteiger partial charge in [-0.3, -0.25) is 15.0 Å². The van der Waals surface area contributed by atoms with Crippen LogP contribution in [0, 0.1) is 10.1 Å². The summed E-state index contributed by atoms with van der Waals surface area (Å²) in [6.07, 6.45) is 4.84. The molecule has 1 unspecified atom stereocenters. The van der Waals surface area contributed by atoms with Crippen LogP contribution in [0.25, 0.3) is 0 Å². The van der Waals surface area contributed by atoms with Gasteiger partial charge in [0.1, 0.15) is 5.69 Å². The number of piperidine rings is 1. The van der Waals surface area contributed by atoms with Gasteiger partial charge in [0.25, 0.3) is 5.69 Å². The van der Waals surface area contributed by atoms with E-state index < -0.39 is 0 Å². The highest BCUT2D eigenvalue weighted by molar-refractivity contribution is 5.63. The molecule has 0 saturated carbocycles. The van der Waals surface area contributed by atoms with Crippen molar-refractivity contribution in [3.05, 3.63) is 34.4 Å². The number of nitro groups is 1. The van der Waals surface area contributed by atoms with Gasteiger partial charge in [-0.25, -0.2) is 0 Å². The highest BCUT2D eigenvalue weighted by atomic mass is 16.6. The Morgan fingerprint density at radius 3 is 2.48 bits per heavy atom. The van der Waals surface area contributed by atoms with Crippen LogP contribution < -0.4 is 4.90 Å². The number of rotatable bonds is 3. The highest BCUT2D eigenvalue weighted by Crippen LogP contribution is 2.32. The van der Waals surface area contributed by atoms with Gasteiger partial charge in [-0.2, -0.15) is 0 Å². The van der Waals surface area contributed by atoms with Crippen LogP contribution in [0.15, 0.2) is 24.3 Å². The minimum Gasteiger partial charge on any atom is -0.366 e. The molecule has 5 nitrogen and oxygen atoms in total. The average Bonchev–Trinajstić information content (AvgIpc) is 2.93. The molecule has 3 rings (SSSR count). The van der Waals surface area contributed by atoms with Crippen LogP contribution in [0.3, 0.4) is 0 Å². The van der Waals surface area contributed by atoms with Gasteiger partial charge in [-0.15, -0.1) is 0 Å². The summed E-state index contributed by atoms with van der Waals surface area (Å²) in [5, 5.41) is 11.2. The minimum absolute atomic E-state index is 0.227. The Balaban J connectivity index is 1.67. The Morgan fingerprint density at radius 1 is 1.14 bits per heavy atom. The fourth-order valence-corrected chi connectivity index (χ4v) is 3.82. The smallest absolute Gasteiger partial charge is 0.292 e. The molecule has 21 heavy (non-hydrogen) atoms. The molecule has 1 aromatic carbocycles. The number of para-hydroxylation sites is 2. The molecule has 5 heteroatoms. The van der Waals surface area contributed by atoms with Crippen LogP contribution in [0.4, 0.5) is 11.4 Å². The number of hydrogen-bond donors (Lipinski definition) is 0. The van der Waals surface area contributed by atoms with E-state index in [1.165, 1.54) is 19.4 Å². The largest absolute Gasteiger partial charge is 0.366 e. The van der Waals surface area contributed by atoms with Crippen molar-refractivity contribution in [3.8, 4) is 0 Å². The third-order valence-corrected chi connectivity index (χ3v) is 4.96. The van der Waals surface area contributed by atoms with Crippen LogP contribution in [-0.4, -0.2) is 41.5 Å². The fraction of sp³-hybridized carbons (Fsp3) is 0.625. The van der Waals surface area contributed by atoms with E-state index in [4.69, 9.17) is 0 Å². The van der Waals surface area contributed by atoms with E-state index in [0.717, 1.165) is 31.6 Å². The SMILES string of the molecule is CC1CCCN1C1CCN(c2ccccc2[N+](=O)[O-])CC1. The molecule has 2 saturated heterocycles. The van der Waals surface area contributed by atoms with Gasteiger partial charge in [0.2, 0.25) is 0 Å². The molecule has 2 aliphatic rings. The Labute approximate surface area is 125 Å². The standard InChI is InChI=1S/C16H23N3O2/c1-13-5-4-10-18(13)14-8-11-17(12-9-14)15-6-2-3-7-16(15)19(20)21/h2-3,6-7,13-14H,4-5,8-12H2,1H3. The maximum Gasteiger partial charge on any atom is 0.292 e. The number of anilines is 1. The number of benzene rings is 1. The minimum atomic E-state index is -0.274. The van der Waals surface area contributed by atoms with Crippen molar-refractivity contribution in [2.45, 2.75) is 44.7 Å². The molecule has 0 spiro atoms. The first kappa shape index (κ1) is 14.3. The van der Waals surface area contributed by atoms with Crippen molar-refractivity contribution in [2.24, 2.45) is 0 Å². The van der Waals surface area contributed by atoms with E-state index in [9.17, 15) is 10.1 Å². The lowest BCUT2D eigenvalue weighted by Gasteiger charge is -2.39. The highest BCUT2D eigenvalue weighted by Gasteiger charge is 2.31. The lowest BCUT2D eigenvalue weighted by Crippen LogP contribution is -2.46. The Kier molecular flexibility index (Phi) is 4.10. The molecule has 0 aliphatic carbocycles. The molecule has 2 heterocycles. The number of nitro benzene ring substituents is 1. The van der Waals surface area contributed by atoms with Crippen molar-refractivity contribution in [3.63, 3.8) is 0 Å². The molecule has 1 aromatic rings. The first-order valence-corrected chi connectivity index (χ1v) is 7.91. The van der Waals surface area contributed by atoms with Crippen molar-refractivity contribution < 1.29 is 4.92 Å². The van der Waals surface area contributed by atoms with E-state index >= 15 is 0 Å². The molecule has 114 valence electrons. The van der Waals surface area contributed by atoms with Crippen LogP contribution in [-0.2, 0) is 0 Å². The maximum absolute atomic E-state index is 11.2. The van der Waals surface area contributed by atoms with Crippen molar-refractivity contribution in [1.29, 1.82) is 0 Å². The second-order valence-electron chi connectivity index (χ2n) is 6.19. The third-order valence-electron chi connectivity index (χ3n) is 4.96. The van der Waals surface area contributed by atoms with E-state index in [2.05, 4.69) is 16.7 Å². The van der Waals surface area contributed by atoms with E-state index in [1.807, 2.05) is 12.1 Å². The van der Waals surface area contributed by atoms with Gasteiger partial charge in [-0.05, 0) is 45.2 Å². The van der Waals surface area contributed by atoms with Crippen molar-refractivity contribution in [1.82, 2.24) is 4.90 Å². The lowest BCUT2D eigenvalue weighted by molar-refractivity contribution is -0.384. The second-order valence-corrected chi connectivity index (χ2v) is 6.19. The molecule has 0 bridgehead atoms. The monoisotopic (exact) mass is 289 g/mol. The lowest BCUT2D eigenvalue weighted by atomic mass is 10.0. The Hall–Kier alpha value is -1.62. The zero-order chi connectivity index (χ0) is 14.8. The van der Waals surface area contributed by atoms with Crippen LogP contribution in [0.1, 0.15) is 32.6 Å². The predicted octanol–water partition coefficient (Wildman–Crippen LogP) is 3.05. The van der Waals surface area contributed by atoms with Crippen LogP contribution >= 0.6 is 0 Å². The number of hydrogen-bond acceptors (Lipinski definition) is 4. The summed E-state index contributed by atoms with van der Waals surface area (Å²) in [5.74, 6) is 0. The van der Waals surface area contributed by atoms with Gasteiger partial charge >= 0.3 is 0 Å². The summed E-state index contributed by atoms with van der Waals surface area (Å²) in [6.45, 7) is 5.37. The summed E-state index contributed by atoms with van der Waals surface area (Å²) < 4.78 is 0. The summed E-state index contributed by atoms with van der Waals surface area (Å²) in [6, 6.07) is 8.45. The molecule has 0 radical (unpaired) electrons. The van der Waals surface area contributed by atoms with Gasteiger partial charge in [0, 0.05) is 31.2 Å². The quantitative estimate of drug-likeness (QED) is 0.634. The van der Waals surface area contributed by atoms with Crippen molar-refractivity contribution in [2.75, 3.05) is 24.5 Å². The van der Waals surface area contributed by atoms with Gasteiger partial charge in [0.05, 0.1) is 4.92 Å². The zero-order valence-corrected chi connectivity index (χ0v) is 12.6. The van der Waals surface area contributed by atoms with Gasteiger partial charge < -0.3 is 4.90 Å². The zero-order valence-electron chi connectivity index (χ0n) is 12.6. The number of likely N-dealkylation sites (tertiary alicyclic amines) is 1. The van der Waals surface area contributed by atoms with Gasteiger partial charge in [0.15, 0.2) is 0 Å². The normalized spacial score (nSPS) is 24.4. The number of nitrogens with zero attached hydrogens (tertiary/aromatic N) is 3. The Bertz CT molecular complexity index is 512. The maximum atomic E-state index is 11.2. The topological polar surface area (TPSA) is 49.6 Å². The molecule has 1 atom stereocenters. The second kappa shape index (κ2) is 6.02. The molecule has 0 amide bonds. The molecular formula is C16H23N3O2. The van der Waals surface area contributed by atoms with Crippen LogP contribution in [0.2, 0.25) is 0 Å². The first-order valence-electron chi connectivity index (χ1n) is 7.91. The van der Waals surface area contributed by atoms with E-state index in [1.54, 1.807) is 12.1 Å². The van der Waals surface area contributed by atoms with Crippen molar-refractivity contribution >= 4 is 11.4 Å². The third kappa shape index (κ3) is 2.88. The van der Waals surface area contributed by atoms with E-state index in [0.29, 0.717) is 12.1 Å². The summed E-state index contributed by atoms with van der Waals surface area (Å²) in [7, 11) is 0. The average molecular weight is 289 g/mol. The molecule has 2 aliphatic heterocycles. The molecule has 0 N–H and O–H groups in total. The fourth-order valence-electron chi connectivity index (χ4n) is 3.82. The van der Waals surface area contributed by atoms with E-state index in [-0.39, 0.29) is 10.6 Å². The Morgan fingerprint density at radius 2 is 1.86 bits per heavy atom. The summed E-state index contributed by atoms with van der Waals surface area (Å²) in [4.78, 5) is 15.7. The molecule has 2 fully saturated rings. The predicted molar refractivity (Wildman–Crippen MR) is 83.7 cm³/mol. The summed E-state index contributed by atoms with van der Waals surface area (Å²) >= 11 is 0. The molecular weight excluding hydrogens is 266 g/mol. The summed E-state index contributed by atoms with van der Waals surface area (Å²) in [5.41, 5.74) is 1.00.